The van der Waals surface area contributed by atoms with E-state index in [0.29, 0.717) is 42.3 Å². The average Bonchev–Trinajstić information content (AvgIpc) is 2.99. The maximum atomic E-state index is 13.7. The molecule has 3 amide bonds. The molecule has 2 heterocycles. The van der Waals surface area contributed by atoms with E-state index in [1.165, 1.54) is 0 Å². The minimum absolute atomic E-state index is 0.0940. The van der Waals surface area contributed by atoms with Crippen LogP contribution in [0.5, 0.6) is 0 Å². The molecule has 4 saturated carbocycles. The van der Waals surface area contributed by atoms with E-state index in [1.54, 1.807) is 0 Å². The Hall–Kier alpha value is -2.45. The van der Waals surface area contributed by atoms with Gasteiger partial charge in [-0.2, -0.15) is 0 Å². The van der Waals surface area contributed by atoms with Gasteiger partial charge in [-0.1, -0.05) is 26.0 Å². The summed E-state index contributed by atoms with van der Waals surface area (Å²) in [5, 5.41) is 6.47. The van der Waals surface area contributed by atoms with Crippen LogP contribution in [-0.4, -0.2) is 79.5 Å². The summed E-state index contributed by atoms with van der Waals surface area (Å²) in [6, 6.07) is 8.29. The second kappa shape index (κ2) is 12.3. The van der Waals surface area contributed by atoms with Gasteiger partial charge in [0.15, 0.2) is 0 Å². The topological polar surface area (TPSA) is 91.0 Å². The second-order valence-electron chi connectivity index (χ2n) is 14.5. The molecule has 0 spiro atoms. The van der Waals surface area contributed by atoms with E-state index in [1.807, 2.05) is 29.2 Å². The molecule has 230 valence electrons. The highest BCUT2D eigenvalue weighted by molar-refractivity contribution is 5.94. The number of rotatable bonds is 9. The molecule has 2 N–H and O–H groups in total. The molecular weight excluding hydrogens is 528 g/mol. The van der Waals surface area contributed by atoms with Crippen molar-refractivity contribution in [2.45, 2.75) is 84.2 Å². The Morgan fingerprint density at radius 2 is 1.48 bits per heavy atom. The van der Waals surface area contributed by atoms with Crippen LogP contribution >= 0.6 is 0 Å². The minimum atomic E-state index is -0.428. The zero-order valence-corrected chi connectivity index (χ0v) is 25.7. The van der Waals surface area contributed by atoms with Crippen LogP contribution in [0.2, 0.25) is 0 Å². The number of carbonyl (C=O) groups is 3. The van der Waals surface area contributed by atoms with Crippen molar-refractivity contribution in [1.82, 2.24) is 20.4 Å². The summed E-state index contributed by atoms with van der Waals surface area (Å²) >= 11 is 0. The quantitative estimate of drug-likeness (QED) is 0.463. The molecule has 2 atom stereocenters. The third-order valence-corrected chi connectivity index (χ3v) is 11.0. The maximum Gasteiger partial charge on any atom is 0.253 e. The van der Waals surface area contributed by atoms with E-state index >= 15 is 0 Å². The van der Waals surface area contributed by atoms with E-state index in [0.717, 1.165) is 103 Å². The number of piperidine rings is 1. The summed E-state index contributed by atoms with van der Waals surface area (Å²) in [6.07, 6.45) is 8.55. The summed E-state index contributed by atoms with van der Waals surface area (Å²) in [5.41, 5.74) is 0.901. The molecule has 8 heteroatoms. The molecule has 1 aromatic carbocycles. The van der Waals surface area contributed by atoms with Gasteiger partial charge in [0.05, 0.1) is 24.0 Å². The first-order valence-electron chi connectivity index (χ1n) is 16.5. The molecule has 2 unspecified atom stereocenters. The Labute approximate surface area is 251 Å². The standard InChI is InChI=1S/C34H50N4O4/c1-24(2)7-10-35-31(40)33-18-26-17-27(19-33)21-34(20-26,23-33)32(41)36-22-25-3-5-28(6-4-25)30(39)38-11-8-29(9-12-38)37-13-15-42-16-14-37/h3-6,24,26-27,29H,7-23H2,1-2H3,(H,35,40)(H,36,41). The molecule has 2 aliphatic heterocycles. The van der Waals surface area contributed by atoms with Crippen LogP contribution in [0.4, 0.5) is 0 Å². The van der Waals surface area contributed by atoms with Crippen molar-refractivity contribution >= 4 is 17.7 Å². The van der Waals surface area contributed by atoms with Gasteiger partial charge in [0.25, 0.3) is 5.91 Å². The predicted octanol–water partition coefficient (Wildman–Crippen LogP) is 3.99. The van der Waals surface area contributed by atoms with Gasteiger partial charge in [-0.05, 0) is 93.2 Å². The fourth-order valence-corrected chi connectivity index (χ4v) is 9.15. The number of carbonyl (C=O) groups excluding carboxylic acids is 3. The number of benzene rings is 1. The van der Waals surface area contributed by atoms with Crippen LogP contribution in [0.25, 0.3) is 0 Å². The number of nitrogens with zero attached hydrogens (tertiary/aromatic N) is 2. The summed E-state index contributed by atoms with van der Waals surface area (Å²) < 4.78 is 5.49. The zero-order chi connectivity index (χ0) is 29.3. The normalized spacial score (nSPS) is 31.4. The van der Waals surface area contributed by atoms with E-state index in [9.17, 15) is 14.4 Å². The monoisotopic (exact) mass is 578 g/mol. The number of amides is 3. The number of ether oxygens (including phenoxy) is 1. The smallest absolute Gasteiger partial charge is 0.253 e. The molecule has 1 aromatic rings. The Kier molecular flexibility index (Phi) is 8.65. The first-order valence-corrected chi connectivity index (χ1v) is 16.5. The van der Waals surface area contributed by atoms with Crippen molar-refractivity contribution in [2.24, 2.45) is 28.6 Å². The van der Waals surface area contributed by atoms with Crippen molar-refractivity contribution in [2.75, 3.05) is 45.9 Å². The molecule has 42 heavy (non-hydrogen) atoms. The van der Waals surface area contributed by atoms with Crippen LogP contribution in [0.1, 0.15) is 87.6 Å². The lowest BCUT2D eigenvalue weighted by atomic mass is 9.43. The third-order valence-electron chi connectivity index (χ3n) is 11.0. The fraction of sp³-hybridized carbons (Fsp3) is 0.735. The number of likely N-dealkylation sites (tertiary alicyclic amines) is 1. The van der Waals surface area contributed by atoms with E-state index in [2.05, 4.69) is 29.4 Å². The van der Waals surface area contributed by atoms with E-state index in [-0.39, 0.29) is 23.1 Å². The summed E-state index contributed by atoms with van der Waals surface area (Å²) in [5.74, 6) is 1.88. The van der Waals surface area contributed by atoms with Gasteiger partial charge in [-0.3, -0.25) is 19.3 Å². The number of hydrogen-bond donors (Lipinski definition) is 2. The average molecular weight is 579 g/mol. The Balaban J connectivity index is 1.02. The van der Waals surface area contributed by atoms with Crippen molar-refractivity contribution in [3.63, 3.8) is 0 Å². The Morgan fingerprint density at radius 1 is 0.881 bits per heavy atom. The molecule has 8 nitrogen and oxygen atoms in total. The third kappa shape index (κ3) is 6.12. The van der Waals surface area contributed by atoms with Crippen LogP contribution in [0.3, 0.4) is 0 Å². The maximum absolute atomic E-state index is 13.7. The second-order valence-corrected chi connectivity index (χ2v) is 14.5. The van der Waals surface area contributed by atoms with E-state index < -0.39 is 5.41 Å². The minimum Gasteiger partial charge on any atom is -0.379 e. The molecule has 4 aliphatic carbocycles. The van der Waals surface area contributed by atoms with Crippen LogP contribution in [0, 0.1) is 28.6 Å². The Morgan fingerprint density at radius 3 is 2.07 bits per heavy atom. The number of hydrogen-bond acceptors (Lipinski definition) is 5. The first kappa shape index (κ1) is 29.6. The highest BCUT2D eigenvalue weighted by Crippen LogP contribution is 2.65. The van der Waals surface area contributed by atoms with Gasteiger partial charge in [0, 0.05) is 50.9 Å². The zero-order valence-electron chi connectivity index (χ0n) is 25.7. The van der Waals surface area contributed by atoms with Crippen molar-refractivity contribution in [3.05, 3.63) is 35.4 Å². The van der Waals surface area contributed by atoms with Crippen LogP contribution in [-0.2, 0) is 20.9 Å². The van der Waals surface area contributed by atoms with Gasteiger partial charge in [-0.15, -0.1) is 0 Å². The molecular formula is C34H50N4O4. The summed E-state index contributed by atoms with van der Waals surface area (Å²) in [7, 11) is 0. The molecule has 6 fully saturated rings. The van der Waals surface area contributed by atoms with Crippen molar-refractivity contribution in [3.8, 4) is 0 Å². The fourth-order valence-electron chi connectivity index (χ4n) is 9.15. The van der Waals surface area contributed by atoms with Gasteiger partial charge in [0.2, 0.25) is 11.8 Å². The van der Waals surface area contributed by atoms with Gasteiger partial charge < -0.3 is 20.3 Å². The highest BCUT2D eigenvalue weighted by Gasteiger charge is 2.62. The van der Waals surface area contributed by atoms with Crippen LogP contribution < -0.4 is 10.6 Å². The number of nitrogens with one attached hydrogen (secondary N) is 2. The van der Waals surface area contributed by atoms with Crippen molar-refractivity contribution in [1.29, 1.82) is 0 Å². The summed E-state index contributed by atoms with van der Waals surface area (Å²) in [4.78, 5) is 44.9. The van der Waals surface area contributed by atoms with Gasteiger partial charge in [0.1, 0.15) is 0 Å². The van der Waals surface area contributed by atoms with Crippen LogP contribution in [0.15, 0.2) is 24.3 Å². The molecule has 0 radical (unpaired) electrons. The van der Waals surface area contributed by atoms with E-state index in [4.69, 9.17) is 4.74 Å². The lowest BCUT2D eigenvalue weighted by Gasteiger charge is -2.60. The first-order chi connectivity index (χ1) is 20.3. The molecule has 4 bridgehead atoms. The van der Waals surface area contributed by atoms with Gasteiger partial charge >= 0.3 is 0 Å². The molecule has 7 rings (SSSR count). The molecule has 6 aliphatic rings. The lowest BCUT2D eigenvalue weighted by Crippen LogP contribution is -2.61. The Bertz CT molecular complexity index is 1120. The summed E-state index contributed by atoms with van der Waals surface area (Å²) in [6.45, 7) is 10.7. The van der Waals surface area contributed by atoms with Gasteiger partial charge in [-0.25, -0.2) is 0 Å². The SMILES string of the molecule is CC(C)CCNC(=O)C12CC3CC(C1)CC(C(=O)NCc1ccc(C(=O)N4CCC(N5CCOCC5)CC4)cc1)(C3)C2. The highest BCUT2D eigenvalue weighted by atomic mass is 16.5. The van der Waals surface area contributed by atoms with Crippen molar-refractivity contribution < 1.29 is 19.1 Å². The largest absolute Gasteiger partial charge is 0.379 e. The molecule has 0 aromatic heterocycles. The lowest BCUT2D eigenvalue weighted by molar-refractivity contribution is -0.167. The predicted molar refractivity (Wildman–Crippen MR) is 162 cm³/mol. The number of morpholine rings is 1. The molecule has 2 saturated heterocycles.